The van der Waals surface area contributed by atoms with E-state index in [0.717, 1.165) is 37.8 Å². The van der Waals surface area contributed by atoms with Crippen LogP contribution < -0.4 is 11.1 Å². The second-order valence-corrected chi connectivity index (χ2v) is 5.28. The molecule has 3 N–H and O–H groups in total. The van der Waals surface area contributed by atoms with E-state index >= 15 is 0 Å². The number of nitrogens with two attached hydrogens (primary N) is 1. The van der Waals surface area contributed by atoms with Crippen molar-refractivity contribution in [2.24, 2.45) is 5.92 Å². The first-order chi connectivity index (χ1) is 8.97. The van der Waals surface area contributed by atoms with E-state index in [1.54, 1.807) is 0 Å². The summed E-state index contributed by atoms with van der Waals surface area (Å²) in [5.41, 5.74) is 4.59. The average molecular weight is 268 g/mol. The van der Waals surface area contributed by atoms with Gasteiger partial charge in [-0.15, -0.1) is 0 Å². The van der Waals surface area contributed by atoms with Gasteiger partial charge in [-0.25, -0.2) is 8.78 Å². The molecular weight excluding hydrogens is 250 g/mol. The summed E-state index contributed by atoms with van der Waals surface area (Å²) in [4.78, 5) is 11.9. The molecule has 104 valence electrons. The molecule has 19 heavy (non-hydrogen) atoms. The van der Waals surface area contributed by atoms with Crippen LogP contribution >= 0.6 is 0 Å². The topological polar surface area (TPSA) is 55.1 Å². The molecule has 0 heterocycles. The summed E-state index contributed by atoms with van der Waals surface area (Å²) < 4.78 is 26.6. The zero-order valence-corrected chi connectivity index (χ0v) is 10.9. The Bertz CT molecular complexity index is 459. The fourth-order valence-electron chi connectivity index (χ4n) is 2.39. The second kappa shape index (κ2) is 5.55. The molecule has 5 heteroatoms. The molecule has 0 bridgehead atoms. The van der Waals surface area contributed by atoms with Crippen LogP contribution in [0.1, 0.15) is 43.0 Å². The van der Waals surface area contributed by atoms with Gasteiger partial charge in [0.15, 0.2) is 0 Å². The van der Waals surface area contributed by atoms with Crippen LogP contribution in [0.5, 0.6) is 0 Å². The molecule has 0 aromatic heterocycles. The number of nitrogen functional groups attached to an aromatic ring is 1. The predicted molar refractivity (Wildman–Crippen MR) is 69.7 cm³/mol. The van der Waals surface area contributed by atoms with Crippen molar-refractivity contribution in [3.8, 4) is 0 Å². The van der Waals surface area contributed by atoms with Crippen LogP contribution in [0.2, 0.25) is 0 Å². The SMILES string of the molecule is CC1CCC(NC(=O)c2cc(F)c(N)c(F)c2)CC1. The van der Waals surface area contributed by atoms with Crippen molar-refractivity contribution < 1.29 is 13.6 Å². The van der Waals surface area contributed by atoms with E-state index in [4.69, 9.17) is 5.73 Å². The first-order valence-electron chi connectivity index (χ1n) is 6.52. The molecule has 0 spiro atoms. The summed E-state index contributed by atoms with van der Waals surface area (Å²) in [5, 5.41) is 2.82. The maximum atomic E-state index is 13.3. The molecule has 3 nitrogen and oxygen atoms in total. The molecule has 0 saturated heterocycles. The zero-order chi connectivity index (χ0) is 14.0. The quantitative estimate of drug-likeness (QED) is 0.810. The van der Waals surface area contributed by atoms with Gasteiger partial charge in [0, 0.05) is 11.6 Å². The highest BCUT2D eigenvalue weighted by atomic mass is 19.1. The number of rotatable bonds is 2. The van der Waals surface area contributed by atoms with Crippen molar-refractivity contribution in [3.63, 3.8) is 0 Å². The van der Waals surface area contributed by atoms with Crippen molar-refractivity contribution in [2.75, 3.05) is 5.73 Å². The van der Waals surface area contributed by atoms with Gasteiger partial charge in [0.1, 0.15) is 17.3 Å². The van der Waals surface area contributed by atoms with E-state index in [0.29, 0.717) is 5.92 Å². The van der Waals surface area contributed by atoms with Crippen molar-refractivity contribution in [1.29, 1.82) is 0 Å². The van der Waals surface area contributed by atoms with Gasteiger partial charge in [-0.3, -0.25) is 4.79 Å². The van der Waals surface area contributed by atoms with Gasteiger partial charge in [-0.05, 0) is 43.7 Å². The fraction of sp³-hybridized carbons (Fsp3) is 0.500. The van der Waals surface area contributed by atoms with Crippen molar-refractivity contribution in [2.45, 2.75) is 38.6 Å². The zero-order valence-electron chi connectivity index (χ0n) is 10.9. The third-order valence-electron chi connectivity index (χ3n) is 3.69. The Morgan fingerprint density at radius 3 is 2.26 bits per heavy atom. The van der Waals surface area contributed by atoms with E-state index in [1.165, 1.54) is 0 Å². The van der Waals surface area contributed by atoms with E-state index in [2.05, 4.69) is 12.2 Å². The highest BCUT2D eigenvalue weighted by Crippen LogP contribution is 2.24. The van der Waals surface area contributed by atoms with Crippen LogP contribution in [-0.4, -0.2) is 11.9 Å². The number of nitrogens with one attached hydrogen (secondary N) is 1. The lowest BCUT2D eigenvalue weighted by Crippen LogP contribution is -2.37. The lowest BCUT2D eigenvalue weighted by molar-refractivity contribution is 0.0922. The van der Waals surface area contributed by atoms with Gasteiger partial charge < -0.3 is 11.1 Å². The van der Waals surface area contributed by atoms with Crippen LogP contribution in [-0.2, 0) is 0 Å². The van der Waals surface area contributed by atoms with Crippen LogP contribution in [0.15, 0.2) is 12.1 Å². The molecule has 1 amide bonds. The van der Waals surface area contributed by atoms with E-state index < -0.39 is 23.2 Å². The lowest BCUT2D eigenvalue weighted by Gasteiger charge is -2.26. The summed E-state index contributed by atoms with van der Waals surface area (Å²) >= 11 is 0. The summed E-state index contributed by atoms with van der Waals surface area (Å²) in [6.45, 7) is 2.18. The minimum atomic E-state index is -0.901. The van der Waals surface area contributed by atoms with Crippen LogP contribution in [0.3, 0.4) is 0 Å². The normalized spacial score (nSPS) is 23.1. The molecule has 0 atom stereocenters. The standard InChI is InChI=1S/C14H18F2N2O/c1-8-2-4-10(5-3-8)18-14(19)9-6-11(15)13(17)12(16)7-9/h6-8,10H,2-5,17H2,1H3,(H,18,19). The Morgan fingerprint density at radius 1 is 1.21 bits per heavy atom. The van der Waals surface area contributed by atoms with Crippen molar-refractivity contribution in [3.05, 3.63) is 29.3 Å². The minimum Gasteiger partial charge on any atom is -0.394 e. The number of hydrogen-bond acceptors (Lipinski definition) is 2. The second-order valence-electron chi connectivity index (χ2n) is 5.28. The van der Waals surface area contributed by atoms with Crippen LogP contribution in [0.4, 0.5) is 14.5 Å². The largest absolute Gasteiger partial charge is 0.394 e. The number of benzene rings is 1. The number of carbonyl (C=O) groups is 1. The van der Waals surface area contributed by atoms with Crippen LogP contribution in [0.25, 0.3) is 0 Å². The van der Waals surface area contributed by atoms with Gasteiger partial charge in [0.2, 0.25) is 0 Å². The van der Waals surface area contributed by atoms with E-state index in [1.807, 2.05) is 0 Å². The smallest absolute Gasteiger partial charge is 0.251 e. The Morgan fingerprint density at radius 2 is 1.74 bits per heavy atom. The predicted octanol–water partition coefficient (Wildman–Crippen LogP) is 2.86. The number of anilines is 1. The maximum absolute atomic E-state index is 13.3. The molecule has 1 aliphatic carbocycles. The van der Waals surface area contributed by atoms with Crippen LogP contribution in [0, 0.1) is 17.6 Å². The first-order valence-corrected chi connectivity index (χ1v) is 6.52. The fourth-order valence-corrected chi connectivity index (χ4v) is 2.39. The van der Waals surface area contributed by atoms with Crippen molar-refractivity contribution >= 4 is 11.6 Å². The highest BCUT2D eigenvalue weighted by Gasteiger charge is 2.21. The van der Waals surface area contributed by atoms with Gasteiger partial charge in [0.05, 0.1) is 0 Å². The highest BCUT2D eigenvalue weighted by molar-refractivity contribution is 5.94. The van der Waals surface area contributed by atoms with Gasteiger partial charge in [-0.1, -0.05) is 6.92 Å². The summed E-state index contributed by atoms with van der Waals surface area (Å²) in [6.07, 6.45) is 3.95. The van der Waals surface area contributed by atoms with Gasteiger partial charge >= 0.3 is 0 Å². The molecule has 1 aromatic rings. The average Bonchev–Trinajstić information content (AvgIpc) is 2.38. The molecule has 1 aliphatic rings. The maximum Gasteiger partial charge on any atom is 0.251 e. The Kier molecular flexibility index (Phi) is 4.02. The molecule has 0 unspecified atom stereocenters. The Labute approximate surface area is 111 Å². The van der Waals surface area contributed by atoms with E-state index in [9.17, 15) is 13.6 Å². The number of hydrogen-bond donors (Lipinski definition) is 2. The lowest BCUT2D eigenvalue weighted by atomic mass is 9.87. The summed E-state index contributed by atoms with van der Waals surface area (Å²) in [5.74, 6) is -1.57. The number of halogens is 2. The molecule has 2 rings (SSSR count). The summed E-state index contributed by atoms with van der Waals surface area (Å²) in [7, 11) is 0. The third kappa shape index (κ3) is 3.22. The molecule has 0 aliphatic heterocycles. The first kappa shape index (κ1) is 13.8. The monoisotopic (exact) mass is 268 g/mol. The molecule has 1 saturated carbocycles. The van der Waals surface area contributed by atoms with Gasteiger partial charge in [-0.2, -0.15) is 0 Å². The minimum absolute atomic E-state index is 0.0252. The molecular formula is C14H18F2N2O. The molecule has 0 radical (unpaired) electrons. The summed E-state index contributed by atoms with van der Waals surface area (Å²) in [6, 6.07) is 2.03. The van der Waals surface area contributed by atoms with E-state index in [-0.39, 0.29) is 11.6 Å². The number of amides is 1. The van der Waals surface area contributed by atoms with Gasteiger partial charge in [0.25, 0.3) is 5.91 Å². The molecule has 1 aromatic carbocycles. The van der Waals surface area contributed by atoms with Crippen molar-refractivity contribution in [1.82, 2.24) is 5.32 Å². The Balaban J connectivity index is 2.04. The number of carbonyl (C=O) groups excluding carboxylic acids is 1. The Hall–Kier alpha value is -1.65. The third-order valence-corrected chi connectivity index (χ3v) is 3.69. The molecule has 1 fully saturated rings.